The summed E-state index contributed by atoms with van der Waals surface area (Å²) in [6.45, 7) is 4.33. The van der Waals surface area contributed by atoms with Crippen molar-refractivity contribution >= 4 is 0 Å². The maximum atomic E-state index is 5.53. The van der Waals surface area contributed by atoms with E-state index in [0.29, 0.717) is 18.1 Å². The summed E-state index contributed by atoms with van der Waals surface area (Å²) in [4.78, 5) is 0. The minimum atomic E-state index is 0.329. The molecule has 0 radical (unpaired) electrons. The van der Waals surface area contributed by atoms with Crippen LogP contribution in [0.1, 0.15) is 17.1 Å². The first-order valence-corrected chi connectivity index (χ1v) is 4.41. The summed E-state index contributed by atoms with van der Waals surface area (Å²) in [6.07, 6.45) is 0. The van der Waals surface area contributed by atoms with Crippen LogP contribution in [0.5, 0.6) is 0 Å². The van der Waals surface area contributed by atoms with Crippen LogP contribution >= 0.6 is 0 Å². The molecule has 74 valence electrons. The van der Waals surface area contributed by atoms with Crippen LogP contribution in [-0.2, 0) is 6.54 Å². The lowest BCUT2D eigenvalue weighted by molar-refractivity contribution is 0.302. The van der Waals surface area contributed by atoms with Gasteiger partial charge in [0.05, 0.1) is 0 Å². The Morgan fingerprint density at radius 1 is 1.29 bits per heavy atom. The number of hydrogen-bond donors (Lipinski definition) is 1. The topological polar surface area (TPSA) is 69.9 Å². The quantitative estimate of drug-likeness (QED) is 0.768. The summed E-state index contributed by atoms with van der Waals surface area (Å²) in [5, 5.41) is 7.59. The number of aromatic nitrogens is 3. The molecule has 0 aliphatic carbocycles. The van der Waals surface area contributed by atoms with E-state index in [1.165, 1.54) is 0 Å². The van der Waals surface area contributed by atoms with Crippen LogP contribution < -0.4 is 5.73 Å². The van der Waals surface area contributed by atoms with E-state index in [1.54, 1.807) is 0 Å². The van der Waals surface area contributed by atoms with Gasteiger partial charge in [0.25, 0.3) is 0 Å². The van der Waals surface area contributed by atoms with Gasteiger partial charge in [-0.2, -0.15) is 0 Å². The Morgan fingerprint density at radius 2 is 1.93 bits per heavy atom. The Hall–Kier alpha value is -1.62. The van der Waals surface area contributed by atoms with E-state index in [2.05, 4.69) is 14.9 Å². The molecular formula is C9H12N4O. The average Bonchev–Trinajstić information content (AvgIpc) is 2.73. The Morgan fingerprint density at radius 3 is 2.50 bits per heavy atom. The highest BCUT2D eigenvalue weighted by molar-refractivity contribution is 5.33. The van der Waals surface area contributed by atoms with Crippen molar-refractivity contribution in [1.29, 1.82) is 0 Å². The van der Waals surface area contributed by atoms with Crippen LogP contribution in [0.25, 0.3) is 5.82 Å². The minimum absolute atomic E-state index is 0.329. The van der Waals surface area contributed by atoms with Gasteiger partial charge in [0.2, 0.25) is 5.82 Å². The van der Waals surface area contributed by atoms with Gasteiger partial charge in [-0.15, -0.1) is 0 Å². The summed E-state index contributed by atoms with van der Waals surface area (Å²) in [5.74, 6) is 0.688. The Labute approximate surface area is 81.5 Å². The van der Waals surface area contributed by atoms with Crippen molar-refractivity contribution in [2.24, 2.45) is 5.73 Å². The molecule has 0 fully saturated rings. The van der Waals surface area contributed by atoms with Crippen molar-refractivity contribution in [3.8, 4) is 5.82 Å². The van der Waals surface area contributed by atoms with Crippen molar-refractivity contribution in [3.63, 3.8) is 0 Å². The molecular weight excluding hydrogens is 180 g/mol. The van der Waals surface area contributed by atoms with Crippen LogP contribution in [0.3, 0.4) is 0 Å². The van der Waals surface area contributed by atoms with Crippen molar-refractivity contribution in [2.75, 3.05) is 0 Å². The molecule has 0 aliphatic rings. The maximum absolute atomic E-state index is 5.53. The molecule has 2 rings (SSSR count). The molecule has 0 saturated carbocycles. The molecule has 0 atom stereocenters. The largest absolute Gasteiger partial charge is 0.325 e. The highest BCUT2D eigenvalue weighted by Gasteiger charge is 2.13. The third-order valence-electron chi connectivity index (χ3n) is 2.21. The van der Waals surface area contributed by atoms with Crippen LogP contribution in [0, 0.1) is 13.8 Å². The highest BCUT2D eigenvalue weighted by atomic mass is 16.6. The highest BCUT2D eigenvalue weighted by Crippen LogP contribution is 2.16. The van der Waals surface area contributed by atoms with Crippen LogP contribution in [-0.4, -0.2) is 14.9 Å². The smallest absolute Gasteiger partial charge is 0.206 e. The molecule has 14 heavy (non-hydrogen) atoms. The number of nitrogens with zero attached hydrogens (tertiary/aromatic N) is 3. The zero-order valence-electron chi connectivity index (χ0n) is 8.19. The molecule has 2 aromatic rings. The van der Waals surface area contributed by atoms with Gasteiger partial charge in [-0.05, 0) is 31.1 Å². The van der Waals surface area contributed by atoms with Gasteiger partial charge < -0.3 is 5.73 Å². The minimum Gasteiger partial charge on any atom is -0.325 e. The van der Waals surface area contributed by atoms with E-state index in [1.807, 2.05) is 30.5 Å². The first-order valence-electron chi connectivity index (χ1n) is 4.41. The summed E-state index contributed by atoms with van der Waals surface area (Å²) in [6, 6.07) is 4.04. The van der Waals surface area contributed by atoms with Gasteiger partial charge in [0.15, 0.2) is 0 Å². The Kier molecular flexibility index (Phi) is 2.09. The maximum Gasteiger partial charge on any atom is 0.206 e. The van der Waals surface area contributed by atoms with Crippen LogP contribution in [0.2, 0.25) is 0 Å². The van der Waals surface area contributed by atoms with E-state index in [-0.39, 0.29) is 0 Å². The molecule has 0 spiro atoms. The number of hydrogen-bond acceptors (Lipinski definition) is 4. The predicted molar refractivity (Wildman–Crippen MR) is 51.0 cm³/mol. The van der Waals surface area contributed by atoms with Crippen molar-refractivity contribution in [3.05, 3.63) is 29.2 Å². The molecule has 0 saturated heterocycles. The lowest BCUT2D eigenvalue weighted by Crippen LogP contribution is -2.06. The Balaban J connectivity index is 2.59. The fourth-order valence-corrected chi connectivity index (χ4v) is 1.50. The fraction of sp³-hybridized carbons (Fsp3) is 0.333. The molecule has 5 heteroatoms. The van der Waals surface area contributed by atoms with Crippen molar-refractivity contribution in [2.45, 2.75) is 20.4 Å². The fourth-order valence-electron chi connectivity index (χ4n) is 1.50. The normalized spacial score (nSPS) is 10.8. The monoisotopic (exact) mass is 192 g/mol. The van der Waals surface area contributed by atoms with Gasteiger partial charge in [0, 0.05) is 17.9 Å². The van der Waals surface area contributed by atoms with E-state index in [0.717, 1.165) is 11.4 Å². The van der Waals surface area contributed by atoms with E-state index >= 15 is 0 Å². The molecule has 0 unspecified atom stereocenters. The molecule has 0 aromatic carbocycles. The second-order valence-corrected chi connectivity index (χ2v) is 3.19. The first-order chi connectivity index (χ1) is 6.74. The Bertz CT molecular complexity index is 424. The number of aryl methyl sites for hydroxylation is 2. The second kappa shape index (κ2) is 3.26. The van der Waals surface area contributed by atoms with Gasteiger partial charge in [-0.3, -0.25) is 4.57 Å². The van der Waals surface area contributed by atoms with Gasteiger partial charge in [-0.25, -0.2) is 4.63 Å². The summed E-state index contributed by atoms with van der Waals surface area (Å²) < 4.78 is 6.64. The zero-order valence-corrected chi connectivity index (χ0v) is 8.19. The van der Waals surface area contributed by atoms with Crippen LogP contribution in [0.4, 0.5) is 0 Å². The predicted octanol–water partition coefficient (Wildman–Crippen LogP) is 0.936. The van der Waals surface area contributed by atoms with E-state index in [9.17, 15) is 0 Å². The molecule has 2 N–H and O–H groups in total. The second-order valence-electron chi connectivity index (χ2n) is 3.19. The lowest BCUT2D eigenvalue weighted by atomic mass is 10.4. The average molecular weight is 192 g/mol. The van der Waals surface area contributed by atoms with Gasteiger partial charge >= 0.3 is 0 Å². The van der Waals surface area contributed by atoms with Crippen LogP contribution in [0.15, 0.2) is 16.8 Å². The standard InChI is InChI=1S/C9H12N4O/c1-6-3-4-7(2)13(6)9-8(5-10)11-14-12-9/h3-4H,5,10H2,1-2H3. The summed E-state index contributed by atoms with van der Waals surface area (Å²) >= 11 is 0. The lowest BCUT2D eigenvalue weighted by Gasteiger charge is -2.04. The molecule has 0 bridgehead atoms. The van der Waals surface area contributed by atoms with Gasteiger partial charge in [0.1, 0.15) is 5.69 Å². The molecule has 5 nitrogen and oxygen atoms in total. The van der Waals surface area contributed by atoms with Gasteiger partial charge in [-0.1, -0.05) is 5.16 Å². The number of nitrogens with two attached hydrogens (primary N) is 1. The molecule has 2 heterocycles. The molecule has 2 aromatic heterocycles. The third kappa shape index (κ3) is 1.22. The third-order valence-corrected chi connectivity index (χ3v) is 2.21. The van der Waals surface area contributed by atoms with E-state index in [4.69, 9.17) is 5.73 Å². The summed E-state index contributed by atoms with van der Waals surface area (Å²) in [5.41, 5.74) is 8.38. The SMILES string of the molecule is Cc1ccc(C)n1-c1nonc1CN. The molecule has 0 aliphatic heterocycles. The van der Waals surface area contributed by atoms with Crippen molar-refractivity contribution in [1.82, 2.24) is 14.9 Å². The summed E-state index contributed by atoms with van der Waals surface area (Å²) in [7, 11) is 0. The number of rotatable bonds is 2. The van der Waals surface area contributed by atoms with Crippen molar-refractivity contribution < 1.29 is 4.63 Å². The molecule has 0 amide bonds. The van der Waals surface area contributed by atoms with E-state index < -0.39 is 0 Å². The zero-order chi connectivity index (χ0) is 10.1. The first kappa shape index (κ1) is 8.96.